The summed E-state index contributed by atoms with van der Waals surface area (Å²) in [5, 5.41) is 2.49. The third-order valence-electron chi connectivity index (χ3n) is 18.1. The van der Waals surface area contributed by atoms with Crippen LogP contribution in [0.15, 0.2) is 218 Å². The first-order valence-electron chi connectivity index (χ1n) is 30.7. The summed E-state index contributed by atoms with van der Waals surface area (Å²) in [6.07, 6.45) is 0. The largest absolute Gasteiger partial charge is 0.375 e. The zero-order valence-electron chi connectivity index (χ0n) is 52.7. The summed E-state index contributed by atoms with van der Waals surface area (Å²) in [7, 11) is 0. The lowest BCUT2D eigenvalue weighted by molar-refractivity contribution is 0.590. The summed E-state index contributed by atoms with van der Waals surface area (Å²) >= 11 is 0. The first kappa shape index (κ1) is 55.6. The van der Waals surface area contributed by atoms with Gasteiger partial charge in [-0.1, -0.05) is 231 Å². The second-order valence-electron chi connectivity index (χ2n) is 29.2. The van der Waals surface area contributed by atoms with Gasteiger partial charge in [0.1, 0.15) is 0 Å². The Balaban J connectivity index is 1.19. The van der Waals surface area contributed by atoms with Crippen LogP contribution in [-0.2, 0) is 27.1 Å². The van der Waals surface area contributed by atoms with E-state index in [9.17, 15) is 0 Å². The third kappa shape index (κ3) is 9.65. The van der Waals surface area contributed by atoms with E-state index in [4.69, 9.17) is 0 Å². The van der Waals surface area contributed by atoms with Gasteiger partial charge in [0.15, 0.2) is 0 Å². The predicted molar refractivity (Wildman–Crippen MR) is 368 cm³/mol. The molecule has 4 nitrogen and oxygen atoms in total. The number of hydrogen-bond acceptors (Lipinski definition) is 3. The van der Waals surface area contributed by atoms with Crippen molar-refractivity contribution in [2.24, 2.45) is 0 Å². The summed E-state index contributed by atoms with van der Waals surface area (Å²) in [5.41, 5.74) is 26.4. The standard InChI is InChI=1S/C80H81BN4/c1-76(2,3)53-30-38-59(39-31-53)82(60-40-32-54(33-41-60)77(4,5)6)62-50-65-64-44-47-71(83(58-26-20-17-21-27-58)68-29-23-22-28-63(68)52-24-18-16-19-25-52)73-66-48-56(79(10,11)12)36-45-69(66)85(75(64)73)81-67-49-57(80(13,14)15)37-46-70(67)84(72(51-62)74(65)81)61-42-34-55(35-43-61)78(7,8)9/h16-51H,1-15H3. The fraction of sp³-hybridized carbons (Fsp3) is 0.250. The van der Waals surface area contributed by atoms with E-state index in [0.717, 1.165) is 39.8 Å². The first-order chi connectivity index (χ1) is 40.3. The minimum absolute atomic E-state index is 0.00460. The zero-order chi connectivity index (χ0) is 59.7. The summed E-state index contributed by atoms with van der Waals surface area (Å²) in [4.78, 5) is 7.63. The molecule has 1 aromatic heterocycles. The Morgan fingerprint density at radius 1 is 0.341 bits per heavy atom. The molecular weight excluding hydrogens is 1030 g/mol. The predicted octanol–water partition coefficient (Wildman–Crippen LogP) is 21.3. The Hall–Kier alpha value is -8.54. The van der Waals surface area contributed by atoms with E-state index in [-0.39, 0.29) is 33.9 Å². The van der Waals surface area contributed by atoms with Crippen molar-refractivity contribution < 1.29 is 0 Å². The molecule has 2 aliphatic heterocycles. The molecule has 0 saturated carbocycles. The second kappa shape index (κ2) is 20.1. The van der Waals surface area contributed by atoms with Gasteiger partial charge in [0, 0.05) is 72.7 Å². The molecule has 424 valence electrons. The number of para-hydroxylation sites is 2. The molecule has 2 aliphatic rings. The minimum Gasteiger partial charge on any atom is -0.375 e. The highest BCUT2D eigenvalue weighted by molar-refractivity contribution is 6.90. The molecule has 5 heteroatoms. The molecule has 85 heavy (non-hydrogen) atoms. The van der Waals surface area contributed by atoms with Crippen molar-refractivity contribution in [2.75, 3.05) is 14.7 Å². The number of fused-ring (bicyclic) bond motifs is 7. The summed E-state index contributed by atoms with van der Waals surface area (Å²) in [5.74, 6) is 0. The summed E-state index contributed by atoms with van der Waals surface area (Å²) in [6, 6.07) is 83.6. The molecule has 10 aromatic carbocycles. The quantitative estimate of drug-likeness (QED) is 0.141. The summed E-state index contributed by atoms with van der Waals surface area (Å²) in [6.45, 7) is 34.7. The van der Waals surface area contributed by atoms with Gasteiger partial charge in [-0.15, -0.1) is 0 Å². The van der Waals surface area contributed by atoms with Crippen LogP contribution in [0.1, 0.15) is 132 Å². The number of nitrogens with zero attached hydrogens (tertiary/aromatic N) is 4. The lowest BCUT2D eigenvalue weighted by Gasteiger charge is -2.42. The average molecular weight is 1110 g/mol. The number of aromatic nitrogens is 1. The Morgan fingerprint density at radius 3 is 1.41 bits per heavy atom. The molecule has 0 unspecified atom stereocenters. The second-order valence-corrected chi connectivity index (χ2v) is 29.2. The molecule has 0 N–H and O–H groups in total. The fourth-order valence-electron chi connectivity index (χ4n) is 13.3. The van der Waals surface area contributed by atoms with Gasteiger partial charge in [-0.2, -0.15) is 0 Å². The zero-order valence-corrected chi connectivity index (χ0v) is 52.7. The minimum atomic E-state index is -0.183. The highest BCUT2D eigenvalue weighted by Gasteiger charge is 2.45. The maximum Gasteiger partial charge on any atom is 0.333 e. The molecule has 0 bridgehead atoms. The molecule has 0 spiro atoms. The molecule has 11 aromatic rings. The summed E-state index contributed by atoms with van der Waals surface area (Å²) < 4.78 is 2.76. The van der Waals surface area contributed by atoms with Gasteiger partial charge < -0.3 is 19.2 Å². The van der Waals surface area contributed by atoms with E-state index in [1.54, 1.807) is 0 Å². The van der Waals surface area contributed by atoms with Crippen LogP contribution in [0, 0.1) is 0 Å². The van der Waals surface area contributed by atoms with Crippen LogP contribution >= 0.6 is 0 Å². The van der Waals surface area contributed by atoms with Gasteiger partial charge in [0.05, 0.1) is 11.4 Å². The van der Waals surface area contributed by atoms with Crippen LogP contribution in [0.4, 0.5) is 51.2 Å². The van der Waals surface area contributed by atoms with Crippen LogP contribution in [0.3, 0.4) is 0 Å². The van der Waals surface area contributed by atoms with Crippen LogP contribution in [0.5, 0.6) is 0 Å². The maximum atomic E-state index is 2.76. The lowest BCUT2D eigenvalue weighted by atomic mass is 9.44. The van der Waals surface area contributed by atoms with E-state index in [1.807, 2.05) is 0 Å². The van der Waals surface area contributed by atoms with E-state index >= 15 is 0 Å². The van der Waals surface area contributed by atoms with Crippen molar-refractivity contribution in [1.82, 2.24) is 4.48 Å². The van der Waals surface area contributed by atoms with E-state index < -0.39 is 0 Å². The van der Waals surface area contributed by atoms with E-state index in [0.29, 0.717) is 0 Å². The lowest BCUT2D eigenvalue weighted by Crippen LogP contribution is -2.57. The number of anilines is 9. The molecule has 3 heterocycles. The van der Waals surface area contributed by atoms with Gasteiger partial charge in [-0.3, -0.25) is 0 Å². The van der Waals surface area contributed by atoms with Crippen molar-refractivity contribution in [3.8, 4) is 22.3 Å². The monoisotopic (exact) mass is 1110 g/mol. The van der Waals surface area contributed by atoms with Crippen molar-refractivity contribution in [1.29, 1.82) is 0 Å². The van der Waals surface area contributed by atoms with Crippen LogP contribution in [0.2, 0.25) is 0 Å². The van der Waals surface area contributed by atoms with Crippen molar-refractivity contribution in [3.05, 3.63) is 246 Å². The molecule has 0 saturated heterocycles. The highest BCUT2D eigenvalue weighted by atomic mass is 15.2. The van der Waals surface area contributed by atoms with Crippen molar-refractivity contribution in [3.63, 3.8) is 0 Å². The Morgan fingerprint density at radius 2 is 0.835 bits per heavy atom. The molecule has 13 rings (SSSR count). The number of rotatable bonds is 8. The molecular formula is C80H81BN4. The van der Waals surface area contributed by atoms with Crippen molar-refractivity contribution in [2.45, 2.75) is 131 Å². The number of hydrogen-bond donors (Lipinski definition) is 0. The normalized spacial score (nSPS) is 13.3. The fourth-order valence-corrected chi connectivity index (χ4v) is 13.3. The molecule has 0 fully saturated rings. The molecule has 0 atom stereocenters. The average Bonchev–Trinajstić information content (AvgIpc) is 1.67. The first-order valence-corrected chi connectivity index (χ1v) is 30.7. The van der Waals surface area contributed by atoms with Gasteiger partial charge in [0.25, 0.3) is 0 Å². The Bertz CT molecular complexity index is 4290. The van der Waals surface area contributed by atoms with Gasteiger partial charge in [-0.05, 0) is 168 Å². The van der Waals surface area contributed by atoms with E-state index in [1.165, 1.54) is 94.2 Å². The van der Waals surface area contributed by atoms with Crippen LogP contribution in [0.25, 0.3) is 44.1 Å². The van der Waals surface area contributed by atoms with Crippen molar-refractivity contribution >= 4 is 90.8 Å². The third-order valence-corrected chi connectivity index (χ3v) is 18.1. The Labute approximate surface area is 506 Å². The van der Waals surface area contributed by atoms with Gasteiger partial charge >= 0.3 is 6.85 Å². The van der Waals surface area contributed by atoms with Gasteiger partial charge in [0.2, 0.25) is 0 Å². The van der Waals surface area contributed by atoms with Crippen LogP contribution < -0.4 is 25.6 Å². The number of benzene rings is 10. The highest BCUT2D eigenvalue weighted by Crippen LogP contribution is 2.53. The maximum absolute atomic E-state index is 2.76. The Kier molecular flexibility index (Phi) is 13.1. The smallest absolute Gasteiger partial charge is 0.333 e. The van der Waals surface area contributed by atoms with Gasteiger partial charge in [-0.25, -0.2) is 0 Å². The van der Waals surface area contributed by atoms with Crippen LogP contribution in [-0.4, -0.2) is 11.3 Å². The molecule has 0 aliphatic carbocycles. The molecule has 0 amide bonds. The SMILES string of the molecule is CC(C)(C)c1ccc(N(c2ccc(C(C)(C)C)cc2)c2cc3c4c(c2)N(c2ccc(C(C)(C)C)cc2)c2ccc(C(C)(C)C)cc2B4n2c4ccc(C(C)(C)C)cc4c4c(N(c5ccccc5)c5ccccc5-c5ccccc5)ccc-3c42)cc1. The topological polar surface area (TPSA) is 14.7 Å². The molecule has 0 radical (unpaired) electrons. The van der Waals surface area contributed by atoms with E-state index in [2.05, 4.69) is 341 Å².